The van der Waals surface area contributed by atoms with Crippen molar-refractivity contribution in [3.63, 3.8) is 0 Å². The Morgan fingerprint density at radius 1 is 0.895 bits per heavy atom. The number of nitrogens with one attached hydrogen (secondary N) is 2. The highest BCUT2D eigenvalue weighted by atomic mass is 32.2. The summed E-state index contributed by atoms with van der Waals surface area (Å²) >= 11 is 0. The van der Waals surface area contributed by atoms with Gasteiger partial charge in [-0.2, -0.15) is 0 Å². The van der Waals surface area contributed by atoms with Gasteiger partial charge in [0.1, 0.15) is 11.2 Å². The fraction of sp³-hybridized carbons (Fsp3) is 0.0741. The number of fused-ring (bicyclic) bond motifs is 1. The Kier molecular flexibility index (Phi) is 6.67. The van der Waals surface area contributed by atoms with E-state index in [-0.39, 0.29) is 23.0 Å². The van der Waals surface area contributed by atoms with Crippen molar-refractivity contribution in [1.29, 1.82) is 0 Å². The minimum atomic E-state index is -3.93. The second kappa shape index (κ2) is 10.2. The molecular formula is C27H22N6O4S. The lowest BCUT2D eigenvalue weighted by molar-refractivity contribution is 0.102. The molecule has 5 aromatic rings. The number of amides is 1. The van der Waals surface area contributed by atoms with E-state index >= 15 is 0 Å². The Balaban J connectivity index is 1.41. The number of anilines is 2. The van der Waals surface area contributed by atoms with Crippen LogP contribution in [0.1, 0.15) is 21.5 Å². The quantitative estimate of drug-likeness (QED) is 0.331. The van der Waals surface area contributed by atoms with E-state index in [1.807, 2.05) is 31.2 Å². The van der Waals surface area contributed by atoms with Crippen molar-refractivity contribution < 1.29 is 13.2 Å². The standard InChI is InChI=1S/C27H22N6O4S/c1-18-5-7-19(8-6-18)17-33-24-20(4-2-13-28-24)16-23(26(33)35)25(34)31-21-9-11-22(12-10-21)38(36,37)32-27-29-14-3-15-30-27/h2-16H,17H2,1H3,(H,31,34)(H,29,30,32). The molecule has 0 aliphatic heterocycles. The number of rotatable bonds is 7. The van der Waals surface area contributed by atoms with Crippen molar-refractivity contribution in [2.45, 2.75) is 18.4 Å². The van der Waals surface area contributed by atoms with E-state index in [9.17, 15) is 18.0 Å². The first-order chi connectivity index (χ1) is 18.3. The van der Waals surface area contributed by atoms with Crippen LogP contribution in [-0.2, 0) is 16.6 Å². The van der Waals surface area contributed by atoms with E-state index in [4.69, 9.17) is 0 Å². The lowest BCUT2D eigenvalue weighted by Crippen LogP contribution is -2.30. The fourth-order valence-corrected chi connectivity index (χ4v) is 4.80. The van der Waals surface area contributed by atoms with E-state index in [1.165, 1.54) is 47.3 Å². The van der Waals surface area contributed by atoms with Crippen molar-refractivity contribution in [3.05, 3.63) is 118 Å². The monoisotopic (exact) mass is 526 g/mol. The molecule has 0 bridgehead atoms. The maximum atomic E-state index is 13.4. The van der Waals surface area contributed by atoms with Crippen LogP contribution in [0.15, 0.2) is 101 Å². The van der Waals surface area contributed by atoms with Crippen LogP contribution in [0.2, 0.25) is 0 Å². The molecule has 0 aliphatic carbocycles. The molecule has 190 valence electrons. The van der Waals surface area contributed by atoms with Crippen LogP contribution in [-0.4, -0.2) is 33.8 Å². The predicted molar refractivity (Wildman–Crippen MR) is 144 cm³/mol. The number of carbonyl (C=O) groups is 1. The number of nitrogens with zero attached hydrogens (tertiary/aromatic N) is 4. The molecule has 11 heteroatoms. The minimum Gasteiger partial charge on any atom is -0.322 e. The Labute approximate surface area is 218 Å². The highest BCUT2D eigenvalue weighted by Gasteiger charge is 2.19. The second-order valence-corrected chi connectivity index (χ2v) is 10.2. The lowest BCUT2D eigenvalue weighted by atomic mass is 10.1. The fourth-order valence-electron chi connectivity index (χ4n) is 3.84. The van der Waals surface area contributed by atoms with Gasteiger partial charge in [-0.1, -0.05) is 29.8 Å². The third kappa shape index (κ3) is 5.27. The first-order valence-corrected chi connectivity index (χ1v) is 13.0. The number of hydrogen-bond acceptors (Lipinski definition) is 7. The zero-order chi connectivity index (χ0) is 26.7. The van der Waals surface area contributed by atoms with Gasteiger partial charge in [-0.3, -0.25) is 14.2 Å². The van der Waals surface area contributed by atoms with Crippen LogP contribution in [0.3, 0.4) is 0 Å². The zero-order valence-electron chi connectivity index (χ0n) is 20.2. The van der Waals surface area contributed by atoms with Crippen LogP contribution in [0, 0.1) is 6.92 Å². The molecule has 3 aromatic heterocycles. The number of pyridine rings is 2. The average molecular weight is 527 g/mol. The van der Waals surface area contributed by atoms with Crippen LogP contribution in [0.5, 0.6) is 0 Å². The van der Waals surface area contributed by atoms with Crippen LogP contribution < -0.4 is 15.6 Å². The van der Waals surface area contributed by atoms with Gasteiger partial charge in [-0.05, 0) is 61.0 Å². The summed E-state index contributed by atoms with van der Waals surface area (Å²) in [6.07, 6.45) is 4.43. The summed E-state index contributed by atoms with van der Waals surface area (Å²) in [5.74, 6) is -0.678. The SMILES string of the molecule is Cc1ccc(Cn2c(=O)c(C(=O)Nc3ccc(S(=O)(=O)Nc4ncccn4)cc3)cc3cccnc32)cc1. The predicted octanol–water partition coefficient (Wildman–Crippen LogP) is 3.60. The maximum absolute atomic E-state index is 13.4. The number of aromatic nitrogens is 4. The van der Waals surface area contributed by atoms with Gasteiger partial charge < -0.3 is 5.32 Å². The summed E-state index contributed by atoms with van der Waals surface area (Å²) in [6.45, 7) is 2.23. The Hall–Kier alpha value is -4.90. The third-order valence-corrected chi connectivity index (χ3v) is 7.11. The molecule has 0 unspecified atom stereocenters. The van der Waals surface area contributed by atoms with E-state index in [0.29, 0.717) is 16.7 Å². The molecule has 2 aromatic carbocycles. The van der Waals surface area contributed by atoms with Crippen LogP contribution in [0.4, 0.5) is 11.6 Å². The van der Waals surface area contributed by atoms with Crippen molar-refractivity contribution in [2.75, 3.05) is 10.0 Å². The molecule has 10 nitrogen and oxygen atoms in total. The van der Waals surface area contributed by atoms with E-state index in [0.717, 1.165) is 11.1 Å². The largest absolute Gasteiger partial charge is 0.322 e. The maximum Gasteiger partial charge on any atom is 0.265 e. The van der Waals surface area contributed by atoms with Gasteiger partial charge in [-0.15, -0.1) is 0 Å². The lowest BCUT2D eigenvalue weighted by Gasteiger charge is -2.13. The zero-order valence-corrected chi connectivity index (χ0v) is 21.0. The van der Waals surface area contributed by atoms with Gasteiger partial charge in [0.05, 0.1) is 11.4 Å². The molecule has 2 N–H and O–H groups in total. The molecule has 3 heterocycles. The summed E-state index contributed by atoms with van der Waals surface area (Å²) in [5, 5.41) is 3.32. The number of carbonyl (C=O) groups excluding carboxylic acids is 1. The Bertz CT molecular complexity index is 1790. The smallest absolute Gasteiger partial charge is 0.265 e. The highest BCUT2D eigenvalue weighted by Crippen LogP contribution is 2.18. The molecule has 38 heavy (non-hydrogen) atoms. The van der Waals surface area contributed by atoms with Gasteiger partial charge in [0, 0.05) is 29.7 Å². The first kappa shape index (κ1) is 24.8. The second-order valence-electron chi connectivity index (χ2n) is 8.51. The summed E-state index contributed by atoms with van der Waals surface area (Å²) in [4.78, 5) is 38.6. The first-order valence-electron chi connectivity index (χ1n) is 11.6. The van der Waals surface area contributed by atoms with Crippen molar-refractivity contribution in [1.82, 2.24) is 19.5 Å². The van der Waals surface area contributed by atoms with E-state index in [2.05, 4.69) is 25.0 Å². The highest BCUT2D eigenvalue weighted by molar-refractivity contribution is 7.92. The van der Waals surface area contributed by atoms with Gasteiger partial charge in [0.15, 0.2) is 0 Å². The van der Waals surface area contributed by atoms with E-state index in [1.54, 1.807) is 24.4 Å². The van der Waals surface area contributed by atoms with Crippen molar-refractivity contribution >= 4 is 38.6 Å². The van der Waals surface area contributed by atoms with Gasteiger partial charge >= 0.3 is 0 Å². The van der Waals surface area contributed by atoms with Gasteiger partial charge in [0.25, 0.3) is 21.5 Å². The average Bonchev–Trinajstić information content (AvgIpc) is 2.92. The molecule has 0 saturated heterocycles. The summed E-state index contributed by atoms with van der Waals surface area (Å²) in [5.41, 5.74) is 2.24. The minimum absolute atomic E-state index is 0.0415. The molecule has 0 spiro atoms. The molecule has 0 aliphatic rings. The third-order valence-electron chi connectivity index (χ3n) is 5.77. The molecule has 0 radical (unpaired) electrons. The van der Waals surface area contributed by atoms with Gasteiger partial charge in [-0.25, -0.2) is 28.1 Å². The number of sulfonamides is 1. The Morgan fingerprint density at radius 3 is 2.29 bits per heavy atom. The number of hydrogen-bond donors (Lipinski definition) is 2. The molecule has 5 rings (SSSR count). The van der Waals surface area contributed by atoms with Gasteiger partial charge in [0.2, 0.25) is 5.95 Å². The summed E-state index contributed by atoms with van der Waals surface area (Å²) in [6, 6.07) is 19.9. The Morgan fingerprint density at radius 2 is 1.58 bits per heavy atom. The van der Waals surface area contributed by atoms with Crippen molar-refractivity contribution in [2.24, 2.45) is 0 Å². The summed E-state index contributed by atoms with van der Waals surface area (Å²) in [7, 11) is -3.93. The molecule has 0 fully saturated rings. The molecular weight excluding hydrogens is 504 g/mol. The van der Waals surface area contributed by atoms with Crippen LogP contribution in [0.25, 0.3) is 11.0 Å². The van der Waals surface area contributed by atoms with Crippen LogP contribution >= 0.6 is 0 Å². The molecule has 0 saturated carbocycles. The number of benzene rings is 2. The molecule has 1 amide bonds. The summed E-state index contributed by atoms with van der Waals surface area (Å²) < 4.78 is 29.0. The van der Waals surface area contributed by atoms with E-state index < -0.39 is 21.5 Å². The number of aryl methyl sites for hydroxylation is 1. The topological polar surface area (TPSA) is 136 Å². The van der Waals surface area contributed by atoms with Crippen molar-refractivity contribution in [3.8, 4) is 0 Å². The normalized spacial score (nSPS) is 11.3. The molecule has 0 atom stereocenters.